The van der Waals surface area contributed by atoms with E-state index in [0.717, 1.165) is 30.6 Å². The quantitative estimate of drug-likeness (QED) is 0.276. The van der Waals surface area contributed by atoms with Gasteiger partial charge in [-0.05, 0) is 61.4 Å². The van der Waals surface area contributed by atoms with E-state index in [2.05, 4.69) is 12.2 Å². The molecule has 2 N–H and O–H groups in total. The number of barbiturate groups is 1. The summed E-state index contributed by atoms with van der Waals surface area (Å²) in [5.74, 6) is -0.846. The van der Waals surface area contributed by atoms with Crippen LogP contribution in [0.4, 0.5) is 10.5 Å². The van der Waals surface area contributed by atoms with Gasteiger partial charge < -0.3 is 14.6 Å². The lowest BCUT2D eigenvalue weighted by molar-refractivity contribution is -0.122. The summed E-state index contributed by atoms with van der Waals surface area (Å²) in [6.45, 7) is 4.81. The van der Waals surface area contributed by atoms with E-state index in [1.165, 1.54) is 30.3 Å². The Morgan fingerprint density at radius 1 is 1.03 bits per heavy atom. The highest BCUT2D eigenvalue weighted by molar-refractivity contribution is 6.39. The number of phenolic OH excluding ortho intramolecular Hbond substituents is 1. The standard InChI is InChI=1S/C25H27ClN2O6/c1-3-5-6-7-12-34-22-20(26)14-16(15-21(22)33-4-2)13-19-23(30)27-25(32)28(24(19)31)17-8-10-18(29)11-9-17/h8-11,13-15,29H,3-7,12H2,1-2H3,(H,27,30,32)/b19-13-. The van der Waals surface area contributed by atoms with E-state index in [4.69, 9.17) is 21.1 Å². The summed E-state index contributed by atoms with van der Waals surface area (Å²) in [4.78, 5) is 38.7. The molecule has 180 valence electrons. The fourth-order valence-corrected chi connectivity index (χ4v) is 3.71. The van der Waals surface area contributed by atoms with Gasteiger partial charge in [0.2, 0.25) is 0 Å². The largest absolute Gasteiger partial charge is 0.508 e. The van der Waals surface area contributed by atoms with Gasteiger partial charge in [0.15, 0.2) is 11.5 Å². The van der Waals surface area contributed by atoms with Gasteiger partial charge in [0.05, 0.1) is 23.9 Å². The number of hydrogen-bond acceptors (Lipinski definition) is 6. The number of aromatic hydroxyl groups is 1. The van der Waals surface area contributed by atoms with E-state index in [0.29, 0.717) is 30.3 Å². The number of unbranched alkanes of at least 4 members (excludes halogenated alkanes) is 3. The molecule has 4 amide bonds. The van der Waals surface area contributed by atoms with Crippen LogP contribution in [-0.2, 0) is 9.59 Å². The molecule has 0 spiro atoms. The number of benzene rings is 2. The second kappa shape index (κ2) is 11.6. The molecule has 0 aromatic heterocycles. The van der Waals surface area contributed by atoms with Gasteiger partial charge in [-0.2, -0.15) is 0 Å². The van der Waals surface area contributed by atoms with E-state index in [1.54, 1.807) is 12.1 Å². The number of hydrogen-bond donors (Lipinski definition) is 2. The first-order valence-electron chi connectivity index (χ1n) is 11.1. The fraction of sp³-hybridized carbons (Fsp3) is 0.320. The first-order chi connectivity index (χ1) is 16.3. The van der Waals surface area contributed by atoms with Crippen molar-refractivity contribution in [1.29, 1.82) is 0 Å². The average Bonchev–Trinajstić information content (AvgIpc) is 2.79. The lowest BCUT2D eigenvalue weighted by atomic mass is 10.1. The van der Waals surface area contributed by atoms with Crippen molar-refractivity contribution in [2.45, 2.75) is 39.5 Å². The van der Waals surface area contributed by atoms with Crippen LogP contribution in [0, 0.1) is 0 Å². The van der Waals surface area contributed by atoms with Crippen LogP contribution in [0.15, 0.2) is 42.0 Å². The number of phenols is 1. The van der Waals surface area contributed by atoms with Crippen molar-refractivity contribution in [2.24, 2.45) is 0 Å². The number of urea groups is 1. The first kappa shape index (κ1) is 25.1. The van der Waals surface area contributed by atoms with Gasteiger partial charge in [-0.3, -0.25) is 14.9 Å². The number of anilines is 1. The summed E-state index contributed by atoms with van der Waals surface area (Å²) in [5.41, 5.74) is 0.392. The molecule has 2 aromatic rings. The Labute approximate surface area is 203 Å². The molecule has 1 aliphatic rings. The molecule has 0 unspecified atom stereocenters. The molecule has 9 heteroatoms. The lowest BCUT2D eigenvalue weighted by Gasteiger charge is -2.26. The van der Waals surface area contributed by atoms with Crippen molar-refractivity contribution in [3.8, 4) is 17.2 Å². The molecule has 1 aliphatic heterocycles. The Bertz CT molecular complexity index is 1100. The minimum absolute atomic E-state index is 0.0220. The number of rotatable bonds is 10. The van der Waals surface area contributed by atoms with Gasteiger partial charge in [-0.15, -0.1) is 0 Å². The van der Waals surface area contributed by atoms with Crippen molar-refractivity contribution in [1.82, 2.24) is 5.32 Å². The molecule has 0 radical (unpaired) electrons. The predicted molar refractivity (Wildman–Crippen MR) is 129 cm³/mol. The van der Waals surface area contributed by atoms with Crippen LogP contribution in [0.25, 0.3) is 6.08 Å². The Morgan fingerprint density at radius 2 is 1.76 bits per heavy atom. The second-order valence-electron chi connectivity index (χ2n) is 7.65. The second-order valence-corrected chi connectivity index (χ2v) is 8.05. The molecule has 8 nitrogen and oxygen atoms in total. The summed E-state index contributed by atoms with van der Waals surface area (Å²) in [6.07, 6.45) is 5.53. The van der Waals surface area contributed by atoms with Gasteiger partial charge in [-0.25, -0.2) is 9.69 Å². The number of ether oxygens (including phenoxy) is 2. The van der Waals surface area contributed by atoms with Crippen LogP contribution < -0.4 is 19.7 Å². The van der Waals surface area contributed by atoms with E-state index < -0.39 is 17.8 Å². The zero-order valence-electron chi connectivity index (χ0n) is 19.1. The molecule has 1 saturated heterocycles. The van der Waals surface area contributed by atoms with Gasteiger partial charge in [0.1, 0.15) is 11.3 Å². The predicted octanol–water partition coefficient (Wildman–Crippen LogP) is 5.07. The Balaban J connectivity index is 1.90. The maximum Gasteiger partial charge on any atom is 0.335 e. The minimum atomic E-state index is -0.877. The average molecular weight is 487 g/mol. The van der Waals surface area contributed by atoms with E-state index in [1.807, 2.05) is 6.92 Å². The van der Waals surface area contributed by atoms with Crippen LogP contribution >= 0.6 is 11.6 Å². The third-order valence-electron chi connectivity index (χ3n) is 5.10. The topological polar surface area (TPSA) is 105 Å². The Kier molecular flexibility index (Phi) is 8.54. The third kappa shape index (κ3) is 5.88. The third-order valence-corrected chi connectivity index (χ3v) is 5.38. The lowest BCUT2D eigenvalue weighted by Crippen LogP contribution is -2.54. The maximum atomic E-state index is 13.1. The summed E-state index contributed by atoms with van der Waals surface area (Å²) in [6, 6.07) is 7.80. The normalized spacial score (nSPS) is 15.0. The molecule has 0 saturated carbocycles. The highest BCUT2D eigenvalue weighted by Gasteiger charge is 2.36. The monoisotopic (exact) mass is 486 g/mol. The van der Waals surface area contributed by atoms with Crippen LogP contribution in [0.2, 0.25) is 5.02 Å². The summed E-state index contributed by atoms with van der Waals surface area (Å²) >= 11 is 6.46. The van der Waals surface area contributed by atoms with Crippen molar-refractivity contribution in [3.05, 3.63) is 52.6 Å². The van der Waals surface area contributed by atoms with Crippen LogP contribution in [0.5, 0.6) is 17.2 Å². The number of halogens is 1. The van der Waals surface area contributed by atoms with Gasteiger partial charge in [0, 0.05) is 0 Å². The Hall–Kier alpha value is -3.52. The number of nitrogens with one attached hydrogen (secondary N) is 1. The van der Waals surface area contributed by atoms with Crippen LogP contribution in [0.3, 0.4) is 0 Å². The smallest absolute Gasteiger partial charge is 0.335 e. The molecule has 0 atom stereocenters. The fourth-order valence-electron chi connectivity index (χ4n) is 3.44. The summed E-state index contributed by atoms with van der Waals surface area (Å²) in [5, 5.41) is 11.9. The van der Waals surface area contributed by atoms with Gasteiger partial charge in [0.25, 0.3) is 11.8 Å². The molecular formula is C25H27ClN2O6. The Morgan fingerprint density at radius 3 is 2.44 bits per heavy atom. The van der Waals surface area contributed by atoms with E-state index in [9.17, 15) is 19.5 Å². The molecule has 1 heterocycles. The number of carbonyl (C=O) groups excluding carboxylic acids is 3. The summed E-state index contributed by atoms with van der Waals surface area (Å²) in [7, 11) is 0. The summed E-state index contributed by atoms with van der Waals surface area (Å²) < 4.78 is 11.5. The van der Waals surface area contributed by atoms with Crippen LogP contribution in [-0.4, -0.2) is 36.2 Å². The molecule has 1 fully saturated rings. The number of amides is 4. The van der Waals surface area contributed by atoms with Crippen molar-refractivity contribution < 1.29 is 29.0 Å². The zero-order valence-corrected chi connectivity index (χ0v) is 19.9. The van der Waals surface area contributed by atoms with E-state index >= 15 is 0 Å². The molecule has 3 rings (SSSR count). The number of nitrogens with zero attached hydrogens (tertiary/aromatic N) is 1. The molecular weight excluding hydrogens is 460 g/mol. The van der Waals surface area contributed by atoms with Gasteiger partial charge in [-0.1, -0.05) is 37.8 Å². The zero-order chi connectivity index (χ0) is 24.7. The number of imide groups is 2. The first-order valence-corrected chi connectivity index (χ1v) is 11.5. The van der Waals surface area contributed by atoms with E-state index in [-0.39, 0.29) is 22.0 Å². The molecule has 0 aliphatic carbocycles. The minimum Gasteiger partial charge on any atom is -0.508 e. The maximum absolute atomic E-state index is 13.1. The van der Waals surface area contributed by atoms with Gasteiger partial charge >= 0.3 is 6.03 Å². The van der Waals surface area contributed by atoms with Crippen molar-refractivity contribution in [2.75, 3.05) is 18.1 Å². The highest BCUT2D eigenvalue weighted by Crippen LogP contribution is 2.38. The van der Waals surface area contributed by atoms with Crippen molar-refractivity contribution >= 4 is 41.2 Å². The molecule has 2 aromatic carbocycles. The molecule has 34 heavy (non-hydrogen) atoms. The highest BCUT2D eigenvalue weighted by atomic mass is 35.5. The number of carbonyl (C=O) groups is 3. The SMILES string of the molecule is CCCCCCOc1c(Cl)cc(/C=C2/C(=O)NC(=O)N(c3ccc(O)cc3)C2=O)cc1OCC. The van der Waals surface area contributed by atoms with Crippen molar-refractivity contribution in [3.63, 3.8) is 0 Å². The van der Waals surface area contributed by atoms with Crippen LogP contribution in [0.1, 0.15) is 45.1 Å². The molecule has 0 bridgehead atoms.